The minimum atomic E-state index is 0.425. The molecule has 3 aromatic rings. The Bertz CT molecular complexity index is 1030. The van der Waals surface area contributed by atoms with Crippen LogP contribution in [0.2, 0.25) is 0 Å². The molecule has 0 aliphatic heterocycles. The Morgan fingerprint density at radius 1 is 1.03 bits per heavy atom. The van der Waals surface area contributed by atoms with E-state index in [1.807, 2.05) is 24.3 Å². The molecule has 4 rings (SSSR count). The first-order chi connectivity index (χ1) is 14.7. The molecule has 6 nitrogen and oxygen atoms in total. The number of aromatic nitrogens is 2. The number of methoxy groups -OCH3 is 3. The quantitative estimate of drug-likeness (QED) is 0.532. The van der Waals surface area contributed by atoms with E-state index >= 15 is 0 Å². The predicted octanol–water partition coefficient (Wildman–Crippen LogP) is 5.38. The molecule has 0 atom stereocenters. The van der Waals surface area contributed by atoms with Gasteiger partial charge in [0.1, 0.15) is 0 Å². The van der Waals surface area contributed by atoms with Crippen LogP contribution < -0.4 is 19.0 Å². The van der Waals surface area contributed by atoms with Crippen LogP contribution in [0.5, 0.6) is 17.2 Å². The molecule has 1 fully saturated rings. The highest BCUT2D eigenvalue weighted by Gasteiger charge is 2.22. The molecular weight excluding hydrogens is 398 g/mol. The average molecular weight is 426 g/mol. The van der Waals surface area contributed by atoms with Crippen molar-refractivity contribution in [2.75, 3.05) is 21.3 Å². The zero-order valence-corrected chi connectivity index (χ0v) is 18.4. The summed E-state index contributed by atoms with van der Waals surface area (Å²) in [6.45, 7) is 0. The van der Waals surface area contributed by atoms with E-state index in [9.17, 15) is 0 Å². The van der Waals surface area contributed by atoms with Gasteiger partial charge in [-0.15, -0.1) is 11.3 Å². The van der Waals surface area contributed by atoms with Crippen molar-refractivity contribution >= 4 is 17.0 Å². The van der Waals surface area contributed by atoms with Gasteiger partial charge < -0.3 is 18.8 Å². The first kappa shape index (κ1) is 20.5. The van der Waals surface area contributed by atoms with Crippen molar-refractivity contribution < 1.29 is 14.2 Å². The van der Waals surface area contributed by atoms with Crippen LogP contribution in [0.15, 0.2) is 47.0 Å². The zero-order valence-electron chi connectivity index (χ0n) is 17.6. The largest absolute Gasteiger partial charge is 0.493 e. The fourth-order valence-corrected chi connectivity index (χ4v) is 5.05. The van der Waals surface area contributed by atoms with Crippen molar-refractivity contribution in [2.45, 2.75) is 38.1 Å². The van der Waals surface area contributed by atoms with Crippen LogP contribution >= 0.6 is 11.3 Å². The topological polar surface area (TPSA) is 57.9 Å². The molecule has 1 aliphatic rings. The molecule has 1 aliphatic carbocycles. The monoisotopic (exact) mass is 425 g/mol. The van der Waals surface area contributed by atoms with Crippen molar-refractivity contribution in [2.24, 2.45) is 4.99 Å². The van der Waals surface area contributed by atoms with Gasteiger partial charge in [-0.25, -0.2) is 4.99 Å². The molecular formula is C23H27N3O3S. The molecule has 1 aromatic carbocycles. The first-order valence-electron chi connectivity index (χ1n) is 10.2. The summed E-state index contributed by atoms with van der Waals surface area (Å²) in [6, 6.07) is 8.34. The Morgan fingerprint density at radius 3 is 2.37 bits per heavy atom. The van der Waals surface area contributed by atoms with E-state index in [0.29, 0.717) is 23.3 Å². The molecule has 0 saturated heterocycles. The van der Waals surface area contributed by atoms with Gasteiger partial charge in [-0.05, 0) is 37.1 Å². The van der Waals surface area contributed by atoms with Crippen molar-refractivity contribution in [3.05, 3.63) is 46.8 Å². The molecule has 30 heavy (non-hydrogen) atoms. The number of pyridine rings is 1. The molecule has 7 heteroatoms. The molecule has 0 radical (unpaired) electrons. The summed E-state index contributed by atoms with van der Waals surface area (Å²) in [5, 5.41) is 2.17. The number of ether oxygens (including phenoxy) is 3. The Kier molecular flexibility index (Phi) is 6.38. The molecule has 2 aromatic heterocycles. The fourth-order valence-electron chi connectivity index (χ4n) is 4.06. The van der Waals surface area contributed by atoms with Crippen LogP contribution in [0.4, 0.5) is 5.69 Å². The summed E-state index contributed by atoms with van der Waals surface area (Å²) in [5.41, 5.74) is 3.01. The number of hydrogen-bond acceptors (Lipinski definition) is 6. The van der Waals surface area contributed by atoms with Crippen LogP contribution in [0, 0.1) is 0 Å². The standard InChI is InChI=1S/C23H27N3O3S/c1-27-20-12-16(13-21(28-2)22(20)29-3)19-15-30-23(25-17-8-7-11-24-14-17)26(19)18-9-5-4-6-10-18/h7-8,11-15,18H,4-6,9-10H2,1-3H3. The van der Waals surface area contributed by atoms with E-state index < -0.39 is 0 Å². The normalized spacial score (nSPS) is 15.2. The zero-order chi connectivity index (χ0) is 20.9. The fraction of sp³-hybridized carbons (Fsp3) is 0.391. The van der Waals surface area contributed by atoms with E-state index in [1.54, 1.807) is 45.1 Å². The highest BCUT2D eigenvalue weighted by Crippen LogP contribution is 2.42. The minimum Gasteiger partial charge on any atom is -0.493 e. The number of rotatable bonds is 6. The lowest BCUT2D eigenvalue weighted by Gasteiger charge is -2.25. The molecule has 0 unspecified atom stereocenters. The molecule has 0 bridgehead atoms. The van der Waals surface area contributed by atoms with Gasteiger partial charge in [-0.3, -0.25) is 4.98 Å². The van der Waals surface area contributed by atoms with E-state index in [1.165, 1.54) is 19.3 Å². The van der Waals surface area contributed by atoms with Crippen molar-refractivity contribution in [1.82, 2.24) is 9.55 Å². The summed E-state index contributed by atoms with van der Waals surface area (Å²) < 4.78 is 19.1. The summed E-state index contributed by atoms with van der Waals surface area (Å²) in [7, 11) is 4.91. The summed E-state index contributed by atoms with van der Waals surface area (Å²) in [6.07, 6.45) is 9.68. The van der Waals surface area contributed by atoms with Crippen LogP contribution in [0.25, 0.3) is 11.3 Å². The number of benzene rings is 1. The van der Waals surface area contributed by atoms with Crippen LogP contribution in [-0.4, -0.2) is 30.9 Å². The average Bonchev–Trinajstić information content (AvgIpc) is 3.22. The first-order valence-corrected chi connectivity index (χ1v) is 11.1. The molecule has 2 heterocycles. The third-order valence-corrected chi connectivity index (χ3v) is 6.35. The third-order valence-electron chi connectivity index (χ3n) is 5.51. The summed E-state index contributed by atoms with van der Waals surface area (Å²) in [5.74, 6) is 1.90. The van der Waals surface area contributed by atoms with Gasteiger partial charge in [-0.1, -0.05) is 19.3 Å². The Morgan fingerprint density at radius 2 is 1.77 bits per heavy atom. The maximum atomic E-state index is 5.59. The van der Waals surface area contributed by atoms with E-state index in [4.69, 9.17) is 19.2 Å². The smallest absolute Gasteiger partial charge is 0.203 e. The van der Waals surface area contributed by atoms with Gasteiger partial charge in [0.2, 0.25) is 5.75 Å². The van der Waals surface area contributed by atoms with Crippen molar-refractivity contribution in [3.63, 3.8) is 0 Å². The molecule has 0 N–H and O–H groups in total. The van der Waals surface area contributed by atoms with Gasteiger partial charge >= 0.3 is 0 Å². The second kappa shape index (κ2) is 9.34. The Balaban J connectivity index is 1.89. The number of nitrogens with zero attached hydrogens (tertiary/aromatic N) is 3. The highest BCUT2D eigenvalue weighted by molar-refractivity contribution is 7.07. The van der Waals surface area contributed by atoms with Crippen molar-refractivity contribution in [3.8, 4) is 28.5 Å². The van der Waals surface area contributed by atoms with Gasteiger partial charge in [0, 0.05) is 23.2 Å². The van der Waals surface area contributed by atoms with Gasteiger partial charge in [0.15, 0.2) is 16.3 Å². The lowest BCUT2D eigenvalue weighted by molar-refractivity contribution is 0.324. The maximum Gasteiger partial charge on any atom is 0.203 e. The van der Waals surface area contributed by atoms with E-state index in [0.717, 1.165) is 34.6 Å². The second-order valence-corrected chi connectivity index (χ2v) is 8.14. The SMILES string of the molecule is COc1cc(-c2csc(=Nc3cccnc3)n2C2CCCCC2)cc(OC)c1OC. The van der Waals surface area contributed by atoms with Crippen LogP contribution in [0.3, 0.4) is 0 Å². The van der Waals surface area contributed by atoms with E-state index in [2.05, 4.69) is 14.9 Å². The number of thiazole rings is 1. The number of hydrogen-bond donors (Lipinski definition) is 0. The summed E-state index contributed by atoms with van der Waals surface area (Å²) in [4.78, 5) is 10.1. The lowest BCUT2D eigenvalue weighted by atomic mass is 9.95. The van der Waals surface area contributed by atoms with Crippen LogP contribution in [0.1, 0.15) is 38.1 Å². The third kappa shape index (κ3) is 4.07. The second-order valence-electron chi connectivity index (χ2n) is 7.30. The Hall–Kier alpha value is -2.80. The lowest BCUT2D eigenvalue weighted by Crippen LogP contribution is -2.23. The molecule has 158 valence electrons. The molecule has 1 saturated carbocycles. The van der Waals surface area contributed by atoms with Crippen molar-refractivity contribution in [1.29, 1.82) is 0 Å². The molecule has 0 amide bonds. The Labute approximate surface area is 180 Å². The maximum absolute atomic E-state index is 5.59. The molecule has 0 spiro atoms. The van der Waals surface area contributed by atoms with Crippen LogP contribution in [-0.2, 0) is 0 Å². The highest BCUT2D eigenvalue weighted by atomic mass is 32.1. The van der Waals surface area contributed by atoms with Gasteiger partial charge in [-0.2, -0.15) is 0 Å². The summed E-state index contributed by atoms with van der Waals surface area (Å²) >= 11 is 1.65. The van der Waals surface area contributed by atoms with Gasteiger partial charge in [0.25, 0.3) is 0 Å². The van der Waals surface area contributed by atoms with Gasteiger partial charge in [0.05, 0.1) is 38.9 Å². The predicted molar refractivity (Wildman–Crippen MR) is 119 cm³/mol. The minimum absolute atomic E-state index is 0.425. The van der Waals surface area contributed by atoms with E-state index in [-0.39, 0.29) is 0 Å².